The number of H-pyrrole nitrogens is 1. The van der Waals surface area contributed by atoms with Crippen molar-refractivity contribution in [2.24, 2.45) is 0 Å². The van der Waals surface area contributed by atoms with Crippen molar-refractivity contribution >= 4 is 0 Å². The van der Waals surface area contributed by atoms with E-state index < -0.39 is 0 Å². The summed E-state index contributed by atoms with van der Waals surface area (Å²) in [6.45, 7) is 2.63. The van der Waals surface area contributed by atoms with Gasteiger partial charge in [-0.15, -0.1) is 5.10 Å². The molecule has 5 heteroatoms. The average molecular weight is 183 g/mol. The number of rotatable bonds is 4. The third-order valence-corrected chi connectivity index (χ3v) is 2.02. The molecule has 0 bridgehead atoms. The molecule has 1 aromatic rings. The van der Waals surface area contributed by atoms with Gasteiger partial charge in [-0.3, -0.25) is 0 Å². The van der Waals surface area contributed by atoms with Crippen molar-refractivity contribution in [2.45, 2.75) is 32.2 Å². The maximum Gasteiger partial charge on any atom is 0.346 e. The number of aromatic nitrogens is 3. The highest BCUT2D eigenvalue weighted by molar-refractivity contribution is 4.99. The molecule has 1 aliphatic rings. The Morgan fingerprint density at radius 3 is 3.08 bits per heavy atom. The van der Waals surface area contributed by atoms with Gasteiger partial charge in [-0.1, -0.05) is 6.92 Å². The van der Waals surface area contributed by atoms with Crippen LogP contribution in [0.2, 0.25) is 0 Å². The lowest BCUT2D eigenvalue weighted by molar-refractivity contribution is 0.276. The largest absolute Gasteiger partial charge is 0.464 e. The van der Waals surface area contributed by atoms with Crippen molar-refractivity contribution in [3.05, 3.63) is 10.5 Å². The molecule has 13 heavy (non-hydrogen) atoms. The molecule has 0 atom stereocenters. The molecule has 72 valence electrons. The number of ether oxygens (including phenoxy) is 1. The highest BCUT2D eigenvalue weighted by Crippen LogP contribution is 2.35. The van der Waals surface area contributed by atoms with Gasteiger partial charge in [0.1, 0.15) is 0 Å². The molecule has 1 heterocycles. The zero-order valence-corrected chi connectivity index (χ0v) is 7.62. The Labute approximate surface area is 75.7 Å². The Hall–Kier alpha value is -1.26. The van der Waals surface area contributed by atoms with Gasteiger partial charge in [0, 0.05) is 6.04 Å². The first-order valence-electron chi connectivity index (χ1n) is 4.62. The molecule has 2 rings (SSSR count). The summed E-state index contributed by atoms with van der Waals surface area (Å²) in [5.74, 6) is 0. The number of hydrogen-bond donors (Lipinski definition) is 1. The summed E-state index contributed by atoms with van der Waals surface area (Å²) < 4.78 is 6.94. The smallest absolute Gasteiger partial charge is 0.346 e. The van der Waals surface area contributed by atoms with E-state index in [1.165, 1.54) is 0 Å². The van der Waals surface area contributed by atoms with Crippen LogP contribution in [0.4, 0.5) is 0 Å². The van der Waals surface area contributed by atoms with Crippen LogP contribution in [-0.4, -0.2) is 21.4 Å². The molecule has 0 spiro atoms. The molecule has 5 nitrogen and oxygen atoms in total. The summed E-state index contributed by atoms with van der Waals surface area (Å²) in [4.78, 5) is 11.2. The molecular formula is C8H13N3O2. The zero-order valence-electron chi connectivity index (χ0n) is 7.62. The molecule has 1 saturated carbocycles. The molecule has 0 saturated heterocycles. The first kappa shape index (κ1) is 8.34. The van der Waals surface area contributed by atoms with E-state index in [9.17, 15) is 4.79 Å². The van der Waals surface area contributed by atoms with Gasteiger partial charge in [0.2, 0.25) is 0 Å². The maximum absolute atomic E-state index is 11.2. The Balaban J connectivity index is 2.18. The summed E-state index contributed by atoms with van der Waals surface area (Å²) in [6, 6.07) is 0.757. The van der Waals surface area contributed by atoms with Crippen molar-refractivity contribution in [3.8, 4) is 6.01 Å². The van der Waals surface area contributed by atoms with Crippen LogP contribution in [0.5, 0.6) is 6.01 Å². The predicted octanol–water partition coefficient (Wildman–Crippen LogP) is 0.695. The van der Waals surface area contributed by atoms with Crippen LogP contribution >= 0.6 is 0 Å². The van der Waals surface area contributed by atoms with Gasteiger partial charge in [0.15, 0.2) is 0 Å². The molecule has 0 aliphatic heterocycles. The van der Waals surface area contributed by atoms with Gasteiger partial charge < -0.3 is 4.74 Å². The Kier molecular flexibility index (Phi) is 2.08. The van der Waals surface area contributed by atoms with Crippen molar-refractivity contribution < 1.29 is 4.74 Å². The summed E-state index contributed by atoms with van der Waals surface area (Å²) in [7, 11) is 0. The van der Waals surface area contributed by atoms with Crippen LogP contribution in [0.1, 0.15) is 32.2 Å². The molecule has 1 N–H and O–H groups in total. The van der Waals surface area contributed by atoms with E-state index in [0.717, 1.165) is 19.3 Å². The molecule has 0 aromatic carbocycles. The summed E-state index contributed by atoms with van der Waals surface area (Å²) in [5, 5.41) is 6.22. The van der Waals surface area contributed by atoms with Crippen LogP contribution in [0.25, 0.3) is 0 Å². The Morgan fingerprint density at radius 1 is 1.69 bits per heavy atom. The highest BCUT2D eigenvalue weighted by Gasteiger charge is 2.29. The van der Waals surface area contributed by atoms with E-state index >= 15 is 0 Å². The quantitative estimate of drug-likeness (QED) is 0.747. The average Bonchev–Trinajstić information content (AvgIpc) is 2.88. The molecule has 1 aromatic heterocycles. The number of nitrogens with zero attached hydrogens (tertiary/aromatic N) is 2. The molecule has 0 radical (unpaired) electrons. The van der Waals surface area contributed by atoms with Gasteiger partial charge in [-0.2, -0.15) is 0 Å². The Bertz CT molecular complexity index is 337. The topological polar surface area (TPSA) is 59.9 Å². The summed E-state index contributed by atoms with van der Waals surface area (Å²) in [5.41, 5.74) is -0.159. The fourth-order valence-corrected chi connectivity index (χ4v) is 1.24. The van der Waals surface area contributed by atoms with E-state index in [1.807, 2.05) is 6.92 Å². The molecule has 1 aliphatic carbocycles. The van der Waals surface area contributed by atoms with Gasteiger partial charge >= 0.3 is 11.7 Å². The molecule has 1 fully saturated rings. The van der Waals surface area contributed by atoms with Crippen LogP contribution < -0.4 is 10.4 Å². The third-order valence-electron chi connectivity index (χ3n) is 2.02. The van der Waals surface area contributed by atoms with Gasteiger partial charge in [0.25, 0.3) is 0 Å². The van der Waals surface area contributed by atoms with Gasteiger partial charge in [0.05, 0.1) is 6.61 Å². The van der Waals surface area contributed by atoms with Gasteiger partial charge in [-0.25, -0.2) is 14.5 Å². The second-order valence-electron chi connectivity index (χ2n) is 3.26. The van der Waals surface area contributed by atoms with Crippen molar-refractivity contribution in [1.29, 1.82) is 0 Å². The van der Waals surface area contributed by atoms with Crippen molar-refractivity contribution in [3.63, 3.8) is 0 Å². The fourth-order valence-electron chi connectivity index (χ4n) is 1.24. The second-order valence-corrected chi connectivity index (χ2v) is 3.26. The molecular weight excluding hydrogens is 170 g/mol. The number of hydrogen-bond acceptors (Lipinski definition) is 3. The van der Waals surface area contributed by atoms with E-state index in [4.69, 9.17) is 4.74 Å². The first-order valence-corrected chi connectivity index (χ1v) is 4.62. The third kappa shape index (κ3) is 1.59. The summed E-state index contributed by atoms with van der Waals surface area (Å²) in [6.07, 6.45) is 3.04. The van der Waals surface area contributed by atoms with Crippen LogP contribution in [0.15, 0.2) is 4.79 Å². The molecule has 0 unspecified atom stereocenters. The SMILES string of the molecule is CCCOc1n[nH]c(=O)n1C1CC1. The minimum atomic E-state index is -0.159. The van der Waals surface area contributed by atoms with E-state index in [1.54, 1.807) is 4.57 Å². The van der Waals surface area contributed by atoms with Crippen LogP contribution in [-0.2, 0) is 0 Å². The molecule has 0 amide bonds. The van der Waals surface area contributed by atoms with E-state index in [2.05, 4.69) is 10.2 Å². The van der Waals surface area contributed by atoms with Gasteiger partial charge in [-0.05, 0) is 19.3 Å². The lowest BCUT2D eigenvalue weighted by Gasteiger charge is -2.03. The van der Waals surface area contributed by atoms with E-state index in [0.29, 0.717) is 18.7 Å². The highest BCUT2D eigenvalue weighted by atomic mass is 16.5. The minimum absolute atomic E-state index is 0.159. The second kappa shape index (κ2) is 3.24. The lowest BCUT2D eigenvalue weighted by Crippen LogP contribution is -2.16. The number of nitrogens with one attached hydrogen (secondary N) is 1. The monoisotopic (exact) mass is 183 g/mol. The van der Waals surface area contributed by atoms with E-state index in [-0.39, 0.29) is 5.69 Å². The standard InChI is InChI=1S/C8H13N3O2/c1-2-5-13-8-10-9-7(12)11(8)6-3-4-6/h6H,2-5H2,1H3,(H,9,12). The van der Waals surface area contributed by atoms with Crippen LogP contribution in [0, 0.1) is 0 Å². The van der Waals surface area contributed by atoms with Crippen LogP contribution in [0.3, 0.4) is 0 Å². The fraction of sp³-hybridized carbons (Fsp3) is 0.750. The lowest BCUT2D eigenvalue weighted by atomic mass is 10.5. The van der Waals surface area contributed by atoms with Crippen molar-refractivity contribution in [2.75, 3.05) is 6.61 Å². The predicted molar refractivity (Wildman–Crippen MR) is 46.9 cm³/mol. The number of aromatic amines is 1. The minimum Gasteiger partial charge on any atom is -0.464 e. The summed E-state index contributed by atoms with van der Waals surface area (Å²) >= 11 is 0. The normalized spacial score (nSPS) is 16.1. The van der Waals surface area contributed by atoms with Crippen molar-refractivity contribution in [1.82, 2.24) is 14.8 Å². The first-order chi connectivity index (χ1) is 6.33. The zero-order chi connectivity index (χ0) is 9.26. The maximum atomic E-state index is 11.2. The Morgan fingerprint density at radius 2 is 2.46 bits per heavy atom.